The molecule has 2 N–H and O–H groups in total. The highest BCUT2D eigenvalue weighted by Crippen LogP contribution is 2.10. The number of hydrogen-bond donors (Lipinski definition) is 1. The van der Waals surface area contributed by atoms with E-state index in [2.05, 4.69) is 0 Å². The van der Waals surface area contributed by atoms with Crippen LogP contribution in [-0.4, -0.2) is 37.6 Å². The minimum absolute atomic E-state index is 0.0764. The van der Waals surface area contributed by atoms with E-state index in [9.17, 15) is 4.79 Å². The number of nitrogens with zero attached hydrogens (tertiary/aromatic N) is 1. The summed E-state index contributed by atoms with van der Waals surface area (Å²) in [4.78, 5) is 13.8. The van der Waals surface area contributed by atoms with Crippen LogP contribution in [0, 0.1) is 0 Å². The second-order valence-corrected chi connectivity index (χ2v) is 4.46. The number of likely N-dealkylation sites (N-methyl/N-ethyl adjacent to an activating group) is 1. The second kappa shape index (κ2) is 7.13. The first-order valence-corrected chi connectivity index (χ1v) is 6.11. The number of amides is 1. The van der Waals surface area contributed by atoms with Gasteiger partial charge in [0.15, 0.2) is 0 Å². The van der Waals surface area contributed by atoms with E-state index in [0.717, 1.165) is 11.1 Å². The lowest BCUT2D eigenvalue weighted by Crippen LogP contribution is -2.38. The molecule has 0 saturated carbocycles. The standard InChI is InChI=1S/C14H22N2O2/c1-11(10-18-3)16(2)14(17)8-12-6-4-5-7-13(12)9-15/h4-7,11H,8-10,15H2,1-3H3. The van der Waals surface area contributed by atoms with Gasteiger partial charge in [-0.3, -0.25) is 4.79 Å². The molecule has 1 aromatic rings. The van der Waals surface area contributed by atoms with Crippen LogP contribution < -0.4 is 5.73 Å². The molecule has 18 heavy (non-hydrogen) atoms. The van der Waals surface area contributed by atoms with Crippen LogP contribution in [0.15, 0.2) is 24.3 Å². The summed E-state index contributed by atoms with van der Waals surface area (Å²) in [6.07, 6.45) is 0.387. The zero-order valence-electron chi connectivity index (χ0n) is 11.3. The van der Waals surface area contributed by atoms with Gasteiger partial charge in [0.2, 0.25) is 5.91 Å². The molecule has 4 heteroatoms. The minimum Gasteiger partial charge on any atom is -0.383 e. The van der Waals surface area contributed by atoms with Crippen molar-refractivity contribution in [2.75, 3.05) is 20.8 Å². The summed E-state index contributed by atoms with van der Waals surface area (Å²) in [7, 11) is 3.44. The van der Waals surface area contributed by atoms with Crippen LogP contribution in [0.4, 0.5) is 0 Å². The fourth-order valence-electron chi connectivity index (χ4n) is 1.82. The third-order valence-corrected chi connectivity index (χ3v) is 3.14. The van der Waals surface area contributed by atoms with E-state index in [1.54, 1.807) is 19.1 Å². The number of ether oxygens (including phenoxy) is 1. The molecule has 0 aliphatic carbocycles. The van der Waals surface area contributed by atoms with E-state index in [0.29, 0.717) is 19.6 Å². The lowest BCUT2D eigenvalue weighted by atomic mass is 10.0. The summed E-state index contributed by atoms with van der Waals surface area (Å²) < 4.78 is 5.06. The first-order valence-electron chi connectivity index (χ1n) is 6.11. The number of nitrogens with two attached hydrogens (primary N) is 1. The molecule has 0 radical (unpaired) electrons. The van der Waals surface area contributed by atoms with Crippen molar-refractivity contribution in [1.82, 2.24) is 4.90 Å². The zero-order valence-corrected chi connectivity index (χ0v) is 11.3. The van der Waals surface area contributed by atoms with Crippen molar-refractivity contribution < 1.29 is 9.53 Å². The maximum atomic E-state index is 12.1. The van der Waals surface area contributed by atoms with Gasteiger partial charge in [-0.1, -0.05) is 24.3 Å². The van der Waals surface area contributed by atoms with E-state index in [4.69, 9.17) is 10.5 Å². The van der Waals surface area contributed by atoms with Crippen LogP contribution in [0.5, 0.6) is 0 Å². The number of carbonyl (C=O) groups excluding carboxylic acids is 1. The van der Waals surface area contributed by atoms with Crippen molar-refractivity contribution in [3.8, 4) is 0 Å². The Morgan fingerprint density at radius 3 is 2.56 bits per heavy atom. The van der Waals surface area contributed by atoms with E-state index < -0.39 is 0 Å². The average molecular weight is 250 g/mol. The summed E-state index contributed by atoms with van der Waals surface area (Å²) in [5, 5.41) is 0. The third kappa shape index (κ3) is 3.82. The molecule has 1 unspecified atom stereocenters. The molecule has 100 valence electrons. The highest BCUT2D eigenvalue weighted by atomic mass is 16.5. The predicted octanol–water partition coefficient (Wildman–Crippen LogP) is 1.18. The van der Waals surface area contributed by atoms with Crippen molar-refractivity contribution in [2.24, 2.45) is 5.73 Å². The van der Waals surface area contributed by atoms with Gasteiger partial charge in [-0.2, -0.15) is 0 Å². The monoisotopic (exact) mass is 250 g/mol. The van der Waals surface area contributed by atoms with Crippen LogP contribution in [0.25, 0.3) is 0 Å². The van der Waals surface area contributed by atoms with Gasteiger partial charge in [0.1, 0.15) is 0 Å². The number of methoxy groups -OCH3 is 1. The molecular formula is C14H22N2O2. The van der Waals surface area contributed by atoms with Crippen LogP contribution in [0.3, 0.4) is 0 Å². The Labute approximate surface area is 109 Å². The minimum atomic E-state index is 0.0764. The van der Waals surface area contributed by atoms with Crippen LogP contribution in [-0.2, 0) is 22.5 Å². The summed E-state index contributed by atoms with van der Waals surface area (Å²) in [6, 6.07) is 7.86. The molecule has 1 rings (SSSR count). The van der Waals surface area contributed by atoms with Crippen molar-refractivity contribution in [3.05, 3.63) is 35.4 Å². The second-order valence-electron chi connectivity index (χ2n) is 4.46. The molecular weight excluding hydrogens is 228 g/mol. The Balaban J connectivity index is 2.69. The Morgan fingerprint density at radius 2 is 2.00 bits per heavy atom. The van der Waals surface area contributed by atoms with Gasteiger partial charge in [-0.15, -0.1) is 0 Å². The fourth-order valence-corrected chi connectivity index (χ4v) is 1.82. The summed E-state index contributed by atoms with van der Waals surface area (Å²) in [6.45, 7) is 2.97. The summed E-state index contributed by atoms with van der Waals surface area (Å²) in [5.41, 5.74) is 7.69. The zero-order chi connectivity index (χ0) is 13.5. The molecule has 0 fully saturated rings. The van der Waals surface area contributed by atoms with Gasteiger partial charge in [0, 0.05) is 20.7 Å². The number of carbonyl (C=O) groups is 1. The largest absolute Gasteiger partial charge is 0.383 e. The van der Waals surface area contributed by atoms with Gasteiger partial charge in [0.05, 0.1) is 19.1 Å². The van der Waals surface area contributed by atoms with Gasteiger partial charge >= 0.3 is 0 Å². The van der Waals surface area contributed by atoms with E-state index in [1.807, 2.05) is 31.2 Å². The van der Waals surface area contributed by atoms with E-state index in [-0.39, 0.29) is 11.9 Å². The molecule has 1 aromatic carbocycles. The smallest absolute Gasteiger partial charge is 0.227 e. The number of rotatable bonds is 6. The van der Waals surface area contributed by atoms with Gasteiger partial charge < -0.3 is 15.4 Å². The maximum Gasteiger partial charge on any atom is 0.227 e. The average Bonchev–Trinajstić information content (AvgIpc) is 2.38. The van der Waals surface area contributed by atoms with Crippen molar-refractivity contribution >= 4 is 5.91 Å². The molecule has 4 nitrogen and oxygen atoms in total. The molecule has 0 aliphatic rings. The Morgan fingerprint density at radius 1 is 1.39 bits per heavy atom. The first kappa shape index (κ1) is 14.7. The Hall–Kier alpha value is -1.39. The Bertz CT molecular complexity index is 393. The molecule has 0 bridgehead atoms. The van der Waals surface area contributed by atoms with Gasteiger partial charge in [-0.05, 0) is 18.1 Å². The topological polar surface area (TPSA) is 55.6 Å². The third-order valence-electron chi connectivity index (χ3n) is 3.14. The number of benzene rings is 1. The van der Waals surface area contributed by atoms with E-state index >= 15 is 0 Å². The molecule has 0 saturated heterocycles. The van der Waals surface area contributed by atoms with Crippen LogP contribution >= 0.6 is 0 Å². The van der Waals surface area contributed by atoms with Crippen molar-refractivity contribution in [1.29, 1.82) is 0 Å². The summed E-state index contributed by atoms with van der Waals surface area (Å²) >= 11 is 0. The highest BCUT2D eigenvalue weighted by Gasteiger charge is 2.16. The van der Waals surface area contributed by atoms with Crippen molar-refractivity contribution in [2.45, 2.75) is 25.9 Å². The van der Waals surface area contributed by atoms with Crippen LogP contribution in [0.1, 0.15) is 18.1 Å². The quantitative estimate of drug-likeness (QED) is 0.825. The fraction of sp³-hybridized carbons (Fsp3) is 0.500. The normalized spacial score (nSPS) is 12.2. The van der Waals surface area contributed by atoms with Gasteiger partial charge in [-0.25, -0.2) is 0 Å². The molecule has 0 aromatic heterocycles. The summed E-state index contributed by atoms with van der Waals surface area (Å²) in [5.74, 6) is 0.0837. The SMILES string of the molecule is COCC(C)N(C)C(=O)Cc1ccccc1CN. The molecule has 1 amide bonds. The molecule has 1 atom stereocenters. The lowest BCUT2D eigenvalue weighted by Gasteiger charge is -2.24. The molecule has 0 aliphatic heterocycles. The van der Waals surface area contributed by atoms with E-state index in [1.165, 1.54) is 0 Å². The molecule has 0 heterocycles. The van der Waals surface area contributed by atoms with Gasteiger partial charge in [0.25, 0.3) is 0 Å². The molecule has 0 spiro atoms. The first-order chi connectivity index (χ1) is 8.60. The lowest BCUT2D eigenvalue weighted by molar-refractivity contribution is -0.131. The maximum absolute atomic E-state index is 12.1. The highest BCUT2D eigenvalue weighted by molar-refractivity contribution is 5.79. The van der Waals surface area contributed by atoms with Crippen LogP contribution in [0.2, 0.25) is 0 Å². The number of hydrogen-bond acceptors (Lipinski definition) is 3. The predicted molar refractivity (Wildman–Crippen MR) is 72.1 cm³/mol. The van der Waals surface area contributed by atoms with Crippen molar-refractivity contribution in [3.63, 3.8) is 0 Å². The Kier molecular flexibility index (Phi) is 5.82.